The molecule has 0 fully saturated rings. The second kappa shape index (κ2) is 8.70. The molecule has 0 unspecified atom stereocenters. The molecule has 5 heteroatoms. The van der Waals surface area contributed by atoms with Gasteiger partial charge in [0, 0.05) is 31.0 Å². The fraction of sp³-hybridized carbons (Fsp3) is 0.500. The number of para-hydroxylation sites is 1. The monoisotopic (exact) mass is 344 g/mol. The van der Waals surface area contributed by atoms with Gasteiger partial charge < -0.3 is 14.2 Å². The third-order valence-electron chi connectivity index (χ3n) is 4.47. The van der Waals surface area contributed by atoms with Crippen molar-refractivity contribution in [3.8, 4) is 0 Å². The Morgan fingerprint density at radius 3 is 2.60 bits per heavy atom. The zero-order valence-corrected chi connectivity index (χ0v) is 15.7. The smallest absolute Gasteiger partial charge is 0.307 e. The van der Waals surface area contributed by atoms with Gasteiger partial charge >= 0.3 is 5.97 Å². The van der Waals surface area contributed by atoms with Crippen LogP contribution in [0.2, 0.25) is 0 Å². The Morgan fingerprint density at radius 2 is 1.92 bits per heavy atom. The van der Waals surface area contributed by atoms with E-state index in [0.717, 1.165) is 41.5 Å². The van der Waals surface area contributed by atoms with Crippen LogP contribution in [0.1, 0.15) is 49.2 Å². The Hall–Kier alpha value is -2.30. The minimum absolute atomic E-state index is 0.0471. The van der Waals surface area contributed by atoms with Crippen LogP contribution in [0, 0.1) is 6.92 Å². The van der Waals surface area contributed by atoms with Crippen molar-refractivity contribution in [2.75, 3.05) is 20.2 Å². The highest BCUT2D eigenvalue weighted by atomic mass is 16.5. The van der Waals surface area contributed by atoms with Gasteiger partial charge in [-0.1, -0.05) is 31.5 Å². The predicted octanol–water partition coefficient (Wildman–Crippen LogP) is 3.78. The van der Waals surface area contributed by atoms with Crippen molar-refractivity contribution in [1.82, 2.24) is 9.47 Å². The van der Waals surface area contributed by atoms with Crippen LogP contribution in [0.15, 0.2) is 24.3 Å². The molecule has 2 rings (SSSR count). The number of ether oxygens (including phenoxy) is 1. The summed E-state index contributed by atoms with van der Waals surface area (Å²) in [7, 11) is 1.74. The molecule has 25 heavy (non-hydrogen) atoms. The van der Waals surface area contributed by atoms with Crippen LogP contribution in [0.4, 0.5) is 0 Å². The van der Waals surface area contributed by atoms with Crippen LogP contribution in [-0.2, 0) is 16.1 Å². The first-order valence-electron chi connectivity index (χ1n) is 9.00. The van der Waals surface area contributed by atoms with Gasteiger partial charge in [-0.2, -0.15) is 0 Å². The molecular formula is C20H28N2O3. The number of hydrogen-bond acceptors (Lipinski definition) is 3. The van der Waals surface area contributed by atoms with Gasteiger partial charge in [0.1, 0.15) is 5.69 Å². The maximum Gasteiger partial charge on any atom is 0.307 e. The molecule has 136 valence electrons. The lowest BCUT2D eigenvalue weighted by molar-refractivity contribution is -0.143. The molecule has 1 aromatic heterocycles. The van der Waals surface area contributed by atoms with Gasteiger partial charge in [-0.05, 0) is 31.9 Å². The van der Waals surface area contributed by atoms with Crippen LogP contribution in [0.25, 0.3) is 10.9 Å². The highest BCUT2D eigenvalue weighted by Crippen LogP contribution is 2.27. The topological polar surface area (TPSA) is 51.5 Å². The number of esters is 1. The number of unbranched alkanes of at least 4 members (excludes halogenated alkanes) is 1. The Morgan fingerprint density at radius 1 is 1.20 bits per heavy atom. The van der Waals surface area contributed by atoms with Gasteiger partial charge in [0.05, 0.1) is 13.0 Å². The van der Waals surface area contributed by atoms with E-state index < -0.39 is 0 Å². The van der Waals surface area contributed by atoms with Crippen LogP contribution in [0.5, 0.6) is 0 Å². The lowest BCUT2D eigenvalue weighted by Crippen LogP contribution is -2.31. The molecule has 0 saturated carbocycles. The molecular weight excluding hydrogens is 316 g/mol. The number of carbonyl (C=O) groups is 2. The standard InChI is InChI=1S/C20H28N2O3/c1-5-7-13-22-17-11-9-8-10-16(17)15(3)19(22)20(24)21(4)14-12-18(23)25-6-2/h8-11H,5-7,12-14H2,1-4H3. The third kappa shape index (κ3) is 4.21. The number of fused-ring (bicyclic) bond motifs is 1. The minimum atomic E-state index is -0.273. The lowest BCUT2D eigenvalue weighted by atomic mass is 10.1. The maximum atomic E-state index is 13.0. The molecule has 0 aliphatic heterocycles. The number of hydrogen-bond donors (Lipinski definition) is 0. The molecule has 0 bridgehead atoms. The van der Waals surface area contributed by atoms with Gasteiger partial charge in [0.15, 0.2) is 0 Å². The fourth-order valence-corrected chi connectivity index (χ4v) is 3.08. The fourth-order valence-electron chi connectivity index (χ4n) is 3.08. The van der Waals surface area contributed by atoms with Crippen molar-refractivity contribution in [3.05, 3.63) is 35.5 Å². The first-order chi connectivity index (χ1) is 12.0. The van der Waals surface area contributed by atoms with Crippen molar-refractivity contribution < 1.29 is 14.3 Å². The molecule has 0 N–H and O–H groups in total. The lowest BCUT2D eigenvalue weighted by Gasteiger charge is -2.19. The molecule has 0 saturated heterocycles. The van der Waals surface area contributed by atoms with E-state index in [9.17, 15) is 9.59 Å². The normalized spacial score (nSPS) is 10.9. The Kier molecular flexibility index (Phi) is 6.62. The van der Waals surface area contributed by atoms with E-state index in [2.05, 4.69) is 23.6 Å². The maximum absolute atomic E-state index is 13.0. The zero-order valence-electron chi connectivity index (χ0n) is 15.7. The molecule has 0 spiro atoms. The number of aryl methyl sites for hydroxylation is 2. The van der Waals surface area contributed by atoms with Crippen molar-refractivity contribution in [1.29, 1.82) is 0 Å². The van der Waals surface area contributed by atoms with Crippen LogP contribution in [0.3, 0.4) is 0 Å². The summed E-state index contributed by atoms with van der Waals surface area (Å²) in [6.07, 6.45) is 2.30. The number of aromatic nitrogens is 1. The largest absolute Gasteiger partial charge is 0.466 e. The molecule has 1 amide bonds. The molecule has 5 nitrogen and oxygen atoms in total. The van der Waals surface area contributed by atoms with E-state index in [1.807, 2.05) is 19.1 Å². The Labute approximate surface area is 149 Å². The minimum Gasteiger partial charge on any atom is -0.466 e. The molecule has 0 aliphatic carbocycles. The summed E-state index contributed by atoms with van der Waals surface area (Å²) in [5, 5.41) is 1.11. The number of amides is 1. The van der Waals surface area contributed by atoms with E-state index in [4.69, 9.17) is 4.74 Å². The molecule has 2 aromatic rings. The van der Waals surface area contributed by atoms with E-state index in [0.29, 0.717) is 13.2 Å². The number of nitrogens with zero attached hydrogens (tertiary/aromatic N) is 2. The average molecular weight is 344 g/mol. The molecule has 1 heterocycles. The first kappa shape index (κ1) is 19.0. The summed E-state index contributed by atoms with van der Waals surface area (Å²) in [6, 6.07) is 8.12. The Bertz CT molecular complexity index is 749. The van der Waals surface area contributed by atoms with Crippen LogP contribution < -0.4 is 0 Å². The second-order valence-electron chi connectivity index (χ2n) is 6.28. The second-order valence-corrected chi connectivity index (χ2v) is 6.28. The van der Waals surface area contributed by atoms with Gasteiger partial charge in [-0.15, -0.1) is 0 Å². The van der Waals surface area contributed by atoms with Gasteiger partial charge in [0.25, 0.3) is 5.91 Å². The third-order valence-corrected chi connectivity index (χ3v) is 4.47. The summed E-state index contributed by atoms with van der Waals surface area (Å²) in [6.45, 7) is 7.45. The quantitative estimate of drug-likeness (QED) is 0.685. The van der Waals surface area contributed by atoms with Crippen molar-refractivity contribution in [3.63, 3.8) is 0 Å². The van der Waals surface area contributed by atoms with Gasteiger partial charge in [-0.3, -0.25) is 9.59 Å². The summed E-state index contributed by atoms with van der Waals surface area (Å²) >= 11 is 0. The molecule has 0 aliphatic rings. The van der Waals surface area contributed by atoms with E-state index in [-0.39, 0.29) is 18.3 Å². The van der Waals surface area contributed by atoms with Crippen LogP contribution >= 0.6 is 0 Å². The Balaban J connectivity index is 2.30. The summed E-state index contributed by atoms with van der Waals surface area (Å²) in [5.41, 5.74) is 2.82. The van der Waals surface area contributed by atoms with E-state index in [1.165, 1.54) is 0 Å². The predicted molar refractivity (Wildman–Crippen MR) is 99.8 cm³/mol. The average Bonchev–Trinajstić information content (AvgIpc) is 2.90. The van der Waals surface area contributed by atoms with Crippen molar-refractivity contribution >= 4 is 22.8 Å². The summed E-state index contributed by atoms with van der Waals surface area (Å²) < 4.78 is 7.07. The van der Waals surface area contributed by atoms with Crippen molar-refractivity contribution in [2.45, 2.75) is 46.6 Å². The van der Waals surface area contributed by atoms with Gasteiger partial charge in [0.2, 0.25) is 0 Å². The number of benzene rings is 1. The van der Waals surface area contributed by atoms with E-state index in [1.54, 1.807) is 18.9 Å². The molecule has 0 atom stereocenters. The molecule has 0 radical (unpaired) electrons. The highest BCUT2D eigenvalue weighted by molar-refractivity contribution is 6.01. The number of carbonyl (C=O) groups excluding carboxylic acids is 2. The van der Waals surface area contributed by atoms with Crippen LogP contribution in [-0.4, -0.2) is 41.5 Å². The SMILES string of the molecule is CCCCn1c(C(=O)N(C)CCC(=O)OCC)c(C)c2ccccc21. The van der Waals surface area contributed by atoms with E-state index >= 15 is 0 Å². The molecule has 1 aromatic carbocycles. The summed E-state index contributed by atoms with van der Waals surface area (Å²) in [4.78, 5) is 26.2. The number of rotatable bonds is 8. The van der Waals surface area contributed by atoms with Gasteiger partial charge in [-0.25, -0.2) is 0 Å². The summed E-state index contributed by atoms with van der Waals surface area (Å²) in [5.74, 6) is -0.320. The highest BCUT2D eigenvalue weighted by Gasteiger charge is 2.23. The van der Waals surface area contributed by atoms with Crippen molar-refractivity contribution in [2.24, 2.45) is 0 Å². The zero-order chi connectivity index (χ0) is 18.4. The first-order valence-corrected chi connectivity index (χ1v) is 9.00.